The van der Waals surface area contributed by atoms with Gasteiger partial charge in [-0.1, -0.05) is 30.8 Å². The van der Waals surface area contributed by atoms with Crippen LogP contribution >= 0.6 is 0 Å². The van der Waals surface area contributed by atoms with Gasteiger partial charge >= 0.3 is 0 Å². The highest BCUT2D eigenvalue weighted by molar-refractivity contribution is 5.61. The van der Waals surface area contributed by atoms with Crippen LogP contribution in [0.1, 0.15) is 0 Å². The second kappa shape index (κ2) is 5.69. The Morgan fingerprint density at radius 3 is 2.56 bits per heavy atom. The maximum atomic E-state index is 5.48. The molecule has 2 rings (SSSR count). The quantitative estimate of drug-likeness (QED) is 0.558. The summed E-state index contributed by atoms with van der Waals surface area (Å²) in [5.41, 5.74) is 5.48. The Labute approximate surface area is 108 Å². The van der Waals surface area contributed by atoms with E-state index in [0.717, 1.165) is 42.4 Å². The van der Waals surface area contributed by atoms with Gasteiger partial charge in [-0.25, -0.2) is 4.99 Å². The molecule has 0 radical (unpaired) electrons. The first-order valence-electron chi connectivity index (χ1n) is 6.18. The molecule has 4 nitrogen and oxygen atoms in total. The lowest BCUT2D eigenvalue weighted by Crippen LogP contribution is -2.45. The number of aliphatic imine (C=N–C) groups is 1. The van der Waals surface area contributed by atoms with Crippen molar-refractivity contribution in [1.29, 1.82) is 0 Å². The number of piperazine rings is 1. The van der Waals surface area contributed by atoms with Crippen molar-refractivity contribution in [2.75, 3.05) is 33.2 Å². The van der Waals surface area contributed by atoms with Crippen LogP contribution in [0.5, 0.6) is 0 Å². The summed E-state index contributed by atoms with van der Waals surface area (Å²) in [5.74, 6) is 0.927. The molecule has 1 aliphatic heterocycles. The molecule has 1 heterocycles. The minimum atomic E-state index is 0.927. The van der Waals surface area contributed by atoms with Crippen LogP contribution in [0.2, 0.25) is 0 Å². The molecule has 1 aliphatic rings. The molecule has 1 fully saturated rings. The van der Waals surface area contributed by atoms with Gasteiger partial charge in [-0.15, -0.1) is 0 Å². The second-order valence-electron chi connectivity index (χ2n) is 4.55. The van der Waals surface area contributed by atoms with Crippen molar-refractivity contribution in [3.05, 3.63) is 34.7 Å². The predicted molar refractivity (Wildman–Crippen MR) is 76.4 cm³/mol. The first-order chi connectivity index (χ1) is 8.72. The maximum Gasteiger partial charge on any atom is 0.138 e. The van der Waals surface area contributed by atoms with Gasteiger partial charge in [0, 0.05) is 31.4 Å². The van der Waals surface area contributed by atoms with Crippen molar-refractivity contribution in [3.8, 4) is 0 Å². The van der Waals surface area contributed by atoms with E-state index < -0.39 is 0 Å². The van der Waals surface area contributed by atoms with Crippen LogP contribution in [-0.2, 0) is 0 Å². The Bertz CT molecular complexity index is 527. The fourth-order valence-corrected chi connectivity index (χ4v) is 2.15. The average Bonchev–Trinajstić information content (AvgIpc) is 2.38. The fraction of sp³-hybridized carbons (Fsp3) is 0.357. The van der Waals surface area contributed by atoms with Crippen LogP contribution in [0.25, 0.3) is 12.4 Å². The molecule has 4 heteroatoms. The zero-order valence-corrected chi connectivity index (χ0v) is 10.8. The van der Waals surface area contributed by atoms with Crippen LogP contribution in [-0.4, -0.2) is 49.4 Å². The predicted octanol–water partition coefficient (Wildman–Crippen LogP) is -0.603. The van der Waals surface area contributed by atoms with E-state index in [1.54, 1.807) is 0 Å². The number of nitrogens with two attached hydrogens (primary N) is 1. The van der Waals surface area contributed by atoms with Gasteiger partial charge in [-0.2, -0.15) is 0 Å². The van der Waals surface area contributed by atoms with E-state index in [0.29, 0.717) is 0 Å². The number of benzene rings is 1. The van der Waals surface area contributed by atoms with Gasteiger partial charge in [0.25, 0.3) is 0 Å². The summed E-state index contributed by atoms with van der Waals surface area (Å²) in [5, 5.41) is 2.04. The SMILES string of the molecule is C=c1cccc/c1=C(/N=C\N)N1CCN(C)CC1. The smallest absolute Gasteiger partial charge is 0.138 e. The number of nitrogens with zero attached hydrogens (tertiary/aromatic N) is 3. The molecule has 0 amide bonds. The Hall–Kier alpha value is -1.81. The molecule has 1 aromatic rings. The number of hydrogen-bond acceptors (Lipinski definition) is 3. The van der Waals surface area contributed by atoms with Gasteiger partial charge < -0.3 is 15.5 Å². The minimum absolute atomic E-state index is 0.927. The van der Waals surface area contributed by atoms with Crippen molar-refractivity contribution in [1.82, 2.24) is 9.80 Å². The largest absolute Gasteiger partial charge is 0.390 e. The van der Waals surface area contributed by atoms with Crippen LogP contribution in [0.3, 0.4) is 0 Å². The summed E-state index contributed by atoms with van der Waals surface area (Å²) in [6.45, 7) is 8.09. The summed E-state index contributed by atoms with van der Waals surface area (Å²) in [6, 6.07) is 8.03. The Kier molecular flexibility index (Phi) is 3.99. The molecular formula is C14H20N4. The van der Waals surface area contributed by atoms with Gasteiger partial charge in [0.05, 0.1) is 6.34 Å². The third kappa shape index (κ3) is 2.71. The number of rotatable bonds is 2. The van der Waals surface area contributed by atoms with E-state index in [4.69, 9.17) is 5.73 Å². The Morgan fingerprint density at radius 2 is 1.94 bits per heavy atom. The fourth-order valence-electron chi connectivity index (χ4n) is 2.15. The Morgan fingerprint density at radius 1 is 1.28 bits per heavy atom. The Balaban J connectivity index is 2.44. The van der Waals surface area contributed by atoms with Crippen LogP contribution in [0.15, 0.2) is 29.3 Å². The topological polar surface area (TPSA) is 44.9 Å². The molecule has 2 N–H and O–H groups in total. The van der Waals surface area contributed by atoms with Crippen molar-refractivity contribution in [2.24, 2.45) is 10.7 Å². The van der Waals surface area contributed by atoms with E-state index >= 15 is 0 Å². The lowest BCUT2D eigenvalue weighted by molar-refractivity contribution is 0.204. The maximum absolute atomic E-state index is 5.48. The van der Waals surface area contributed by atoms with E-state index in [9.17, 15) is 0 Å². The van der Waals surface area contributed by atoms with Crippen molar-refractivity contribution < 1.29 is 0 Å². The molecule has 0 aliphatic carbocycles. The van der Waals surface area contributed by atoms with Gasteiger partial charge in [0.15, 0.2) is 0 Å². The van der Waals surface area contributed by atoms with Gasteiger partial charge in [0.1, 0.15) is 5.82 Å². The summed E-state index contributed by atoms with van der Waals surface area (Å²) < 4.78 is 0. The van der Waals surface area contributed by atoms with E-state index in [1.165, 1.54) is 6.34 Å². The average molecular weight is 244 g/mol. The number of hydrogen-bond donors (Lipinski definition) is 1. The minimum Gasteiger partial charge on any atom is -0.390 e. The molecule has 18 heavy (non-hydrogen) atoms. The van der Waals surface area contributed by atoms with E-state index in [2.05, 4.69) is 28.4 Å². The molecule has 0 atom stereocenters. The zero-order valence-electron chi connectivity index (χ0n) is 10.8. The molecule has 96 valence electrons. The first-order valence-corrected chi connectivity index (χ1v) is 6.18. The highest BCUT2D eigenvalue weighted by Gasteiger charge is 2.16. The highest BCUT2D eigenvalue weighted by atomic mass is 15.3. The summed E-state index contributed by atoms with van der Waals surface area (Å²) >= 11 is 0. The summed E-state index contributed by atoms with van der Waals surface area (Å²) in [6.07, 6.45) is 1.36. The summed E-state index contributed by atoms with van der Waals surface area (Å²) in [7, 11) is 2.14. The van der Waals surface area contributed by atoms with Crippen LogP contribution < -0.4 is 16.2 Å². The van der Waals surface area contributed by atoms with Crippen molar-refractivity contribution in [3.63, 3.8) is 0 Å². The van der Waals surface area contributed by atoms with Gasteiger partial charge in [-0.3, -0.25) is 0 Å². The zero-order chi connectivity index (χ0) is 13.0. The molecule has 0 unspecified atom stereocenters. The first kappa shape index (κ1) is 12.6. The van der Waals surface area contributed by atoms with Gasteiger partial charge in [0.2, 0.25) is 0 Å². The molecule has 0 spiro atoms. The lowest BCUT2D eigenvalue weighted by atomic mass is 10.2. The molecule has 1 saturated heterocycles. The van der Waals surface area contributed by atoms with Crippen molar-refractivity contribution >= 4 is 18.7 Å². The second-order valence-corrected chi connectivity index (χ2v) is 4.55. The van der Waals surface area contributed by atoms with E-state index in [1.807, 2.05) is 24.3 Å². The van der Waals surface area contributed by atoms with Crippen molar-refractivity contribution in [2.45, 2.75) is 0 Å². The monoisotopic (exact) mass is 244 g/mol. The molecule has 0 aromatic heterocycles. The highest BCUT2D eigenvalue weighted by Crippen LogP contribution is 2.08. The van der Waals surface area contributed by atoms with Crippen LogP contribution in [0, 0.1) is 0 Å². The molecule has 1 aromatic carbocycles. The molecular weight excluding hydrogens is 224 g/mol. The van der Waals surface area contributed by atoms with Crippen LogP contribution in [0.4, 0.5) is 0 Å². The lowest BCUT2D eigenvalue weighted by Gasteiger charge is -2.34. The third-order valence-corrected chi connectivity index (χ3v) is 3.26. The standard InChI is InChI=1S/C14H20N4/c1-12-5-3-4-6-13(12)14(16-11-15)18-9-7-17(2)8-10-18/h3-6,11H,1,7-10H2,2H3,(H2,15,16)/b14-13+. The number of likely N-dealkylation sites (N-methyl/N-ethyl adjacent to an activating group) is 1. The normalized spacial score (nSPS) is 19.3. The van der Waals surface area contributed by atoms with Gasteiger partial charge in [-0.05, 0) is 12.3 Å². The molecule has 0 saturated carbocycles. The van der Waals surface area contributed by atoms with E-state index in [-0.39, 0.29) is 0 Å². The third-order valence-electron chi connectivity index (χ3n) is 3.26. The molecule has 0 bridgehead atoms. The summed E-state index contributed by atoms with van der Waals surface area (Å²) in [4.78, 5) is 8.93.